The third kappa shape index (κ3) is 7.64. The Morgan fingerprint density at radius 2 is 1.78 bits per heavy atom. The third-order valence-electron chi connectivity index (χ3n) is 4.79. The van der Waals surface area contributed by atoms with Crippen molar-refractivity contribution in [2.45, 2.75) is 39.1 Å². The zero-order valence-electron chi connectivity index (χ0n) is 18.4. The predicted molar refractivity (Wildman–Crippen MR) is 124 cm³/mol. The van der Waals surface area contributed by atoms with E-state index in [2.05, 4.69) is 5.32 Å². The molecule has 172 valence electrons. The normalized spacial score (nSPS) is 11.8. The Balaban J connectivity index is 2.06. The number of halogens is 1. The van der Waals surface area contributed by atoms with Crippen LogP contribution in [0.25, 0.3) is 0 Å². The second-order valence-electron chi connectivity index (χ2n) is 7.84. The van der Waals surface area contributed by atoms with E-state index >= 15 is 0 Å². The largest absolute Gasteiger partial charge is 0.354 e. The second kappa shape index (κ2) is 12.2. The molecule has 0 aliphatic heterocycles. The van der Waals surface area contributed by atoms with Gasteiger partial charge in [0.25, 0.3) is 5.69 Å². The summed E-state index contributed by atoms with van der Waals surface area (Å²) in [5.74, 6) is -0.174. The smallest absolute Gasteiger partial charge is 0.269 e. The lowest BCUT2D eigenvalue weighted by atomic mass is 10.1. The van der Waals surface area contributed by atoms with Crippen LogP contribution in [0.1, 0.15) is 31.9 Å². The van der Waals surface area contributed by atoms with Crippen molar-refractivity contribution in [3.8, 4) is 0 Å². The van der Waals surface area contributed by atoms with E-state index < -0.39 is 16.8 Å². The molecule has 9 heteroatoms. The van der Waals surface area contributed by atoms with E-state index in [-0.39, 0.29) is 35.7 Å². The van der Waals surface area contributed by atoms with Crippen molar-refractivity contribution >= 4 is 29.3 Å². The zero-order chi connectivity index (χ0) is 23.7. The number of nitrogens with one attached hydrogen (secondary N) is 1. The molecule has 2 aromatic carbocycles. The van der Waals surface area contributed by atoms with E-state index in [0.29, 0.717) is 17.9 Å². The van der Waals surface area contributed by atoms with Crippen LogP contribution in [0.5, 0.6) is 0 Å². The molecule has 0 fully saturated rings. The van der Waals surface area contributed by atoms with E-state index in [0.717, 1.165) is 5.56 Å². The van der Waals surface area contributed by atoms with Gasteiger partial charge in [-0.1, -0.05) is 44.2 Å². The van der Waals surface area contributed by atoms with Gasteiger partial charge in [0.15, 0.2) is 0 Å². The van der Waals surface area contributed by atoms with Gasteiger partial charge in [0, 0.05) is 36.5 Å². The number of nitro groups is 1. The highest BCUT2D eigenvalue weighted by molar-refractivity contribution is 7.99. The minimum absolute atomic E-state index is 0.00660. The first-order valence-electron chi connectivity index (χ1n) is 10.3. The summed E-state index contributed by atoms with van der Waals surface area (Å²) in [6.45, 7) is 6.05. The third-order valence-corrected chi connectivity index (χ3v) is 5.78. The van der Waals surface area contributed by atoms with Crippen molar-refractivity contribution in [3.05, 3.63) is 75.6 Å². The molecule has 2 rings (SSSR count). The highest BCUT2D eigenvalue weighted by Gasteiger charge is 2.26. The highest BCUT2D eigenvalue weighted by Crippen LogP contribution is 2.19. The van der Waals surface area contributed by atoms with E-state index in [4.69, 9.17) is 0 Å². The van der Waals surface area contributed by atoms with Crippen LogP contribution in [-0.4, -0.2) is 40.0 Å². The average molecular weight is 462 g/mol. The lowest BCUT2D eigenvalue weighted by Gasteiger charge is -2.29. The number of benzene rings is 2. The summed E-state index contributed by atoms with van der Waals surface area (Å²) in [7, 11) is 0. The molecule has 1 unspecified atom stereocenters. The molecule has 0 radical (unpaired) electrons. The predicted octanol–water partition coefficient (Wildman–Crippen LogP) is 4.16. The molecule has 0 saturated carbocycles. The zero-order valence-corrected chi connectivity index (χ0v) is 19.2. The fourth-order valence-corrected chi connectivity index (χ4v) is 3.77. The fourth-order valence-electron chi connectivity index (χ4n) is 2.90. The summed E-state index contributed by atoms with van der Waals surface area (Å²) in [5, 5.41) is 13.6. The van der Waals surface area contributed by atoms with Crippen LogP contribution in [0.4, 0.5) is 10.1 Å². The number of non-ortho nitro benzene ring substituents is 1. The molecule has 1 atom stereocenters. The van der Waals surface area contributed by atoms with E-state index in [9.17, 15) is 24.1 Å². The van der Waals surface area contributed by atoms with Gasteiger partial charge in [0.05, 0.1) is 10.7 Å². The first-order chi connectivity index (χ1) is 15.2. The van der Waals surface area contributed by atoms with E-state index in [1.54, 1.807) is 37.3 Å². The maximum absolute atomic E-state index is 14.2. The number of nitro benzene ring substituents is 1. The Kier molecular flexibility index (Phi) is 9.64. The SMILES string of the molecule is CC(C)CNC(=O)C(C)N(Cc1ccccc1F)C(=O)CSCc1ccc([N+](=O)[O-])cc1. The maximum Gasteiger partial charge on any atom is 0.269 e. The van der Waals surface area contributed by atoms with Crippen LogP contribution >= 0.6 is 11.8 Å². The first-order valence-corrected chi connectivity index (χ1v) is 11.5. The van der Waals surface area contributed by atoms with Crippen molar-refractivity contribution in [1.82, 2.24) is 10.2 Å². The summed E-state index contributed by atoms with van der Waals surface area (Å²) in [4.78, 5) is 37.3. The van der Waals surface area contributed by atoms with Crippen LogP contribution < -0.4 is 5.32 Å². The van der Waals surface area contributed by atoms with Gasteiger partial charge >= 0.3 is 0 Å². The minimum atomic E-state index is -0.763. The Morgan fingerprint density at radius 3 is 2.38 bits per heavy atom. The van der Waals surface area contributed by atoms with Gasteiger partial charge in [0.2, 0.25) is 11.8 Å². The highest BCUT2D eigenvalue weighted by atomic mass is 32.2. The lowest BCUT2D eigenvalue weighted by Crippen LogP contribution is -2.48. The van der Waals surface area contributed by atoms with E-state index in [1.165, 1.54) is 34.9 Å². The van der Waals surface area contributed by atoms with Gasteiger partial charge in [-0.05, 0) is 24.5 Å². The monoisotopic (exact) mass is 461 g/mol. The molecule has 0 aromatic heterocycles. The molecule has 0 saturated heterocycles. The number of carbonyl (C=O) groups excluding carboxylic acids is 2. The van der Waals surface area contributed by atoms with Gasteiger partial charge in [-0.2, -0.15) is 0 Å². The van der Waals surface area contributed by atoms with E-state index in [1.807, 2.05) is 13.8 Å². The summed E-state index contributed by atoms with van der Waals surface area (Å²) in [6, 6.07) is 11.6. The maximum atomic E-state index is 14.2. The molecule has 1 N–H and O–H groups in total. The molecular weight excluding hydrogens is 433 g/mol. The van der Waals surface area contributed by atoms with Crippen LogP contribution in [-0.2, 0) is 21.9 Å². The molecule has 2 amide bonds. The molecule has 0 spiro atoms. The number of amides is 2. The molecule has 0 heterocycles. The molecular formula is C23H28FN3O4S. The summed E-state index contributed by atoms with van der Waals surface area (Å²) < 4.78 is 14.2. The van der Waals surface area contributed by atoms with Crippen LogP contribution in [0.3, 0.4) is 0 Å². The Bertz CT molecular complexity index is 937. The van der Waals surface area contributed by atoms with Crippen molar-refractivity contribution < 1.29 is 18.9 Å². The van der Waals surface area contributed by atoms with Crippen molar-refractivity contribution in [1.29, 1.82) is 0 Å². The van der Waals surface area contributed by atoms with Crippen molar-refractivity contribution in [2.24, 2.45) is 5.92 Å². The lowest BCUT2D eigenvalue weighted by molar-refractivity contribution is -0.384. The summed E-state index contributed by atoms with van der Waals surface area (Å²) >= 11 is 1.33. The fraction of sp³-hybridized carbons (Fsp3) is 0.391. The Hall–Kier alpha value is -2.94. The molecule has 7 nitrogen and oxygen atoms in total. The minimum Gasteiger partial charge on any atom is -0.354 e. The van der Waals surface area contributed by atoms with Gasteiger partial charge < -0.3 is 10.2 Å². The van der Waals surface area contributed by atoms with Crippen LogP contribution in [0.15, 0.2) is 48.5 Å². The number of thioether (sulfide) groups is 1. The average Bonchev–Trinajstić information content (AvgIpc) is 2.76. The Labute approximate surface area is 191 Å². The number of nitrogens with zero attached hydrogens (tertiary/aromatic N) is 2. The van der Waals surface area contributed by atoms with Gasteiger partial charge in [-0.15, -0.1) is 11.8 Å². The summed E-state index contributed by atoms with van der Waals surface area (Å²) in [5.41, 5.74) is 1.19. The first kappa shape index (κ1) is 25.3. The molecule has 32 heavy (non-hydrogen) atoms. The van der Waals surface area contributed by atoms with Crippen LogP contribution in [0.2, 0.25) is 0 Å². The standard InChI is InChI=1S/C23H28FN3O4S/c1-16(2)12-25-23(29)17(3)26(13-19-6-4-5-7-21(19)24)22(28)15-32-14-18-8-10-20(11-9-18)27(30)31/h4-11,16-17H,12-15H2,1-3H3,(H,25,29). The van der Waals surface area contributed by atoms with Gasteiger partial charge in [-0.3, -0.25) is 19.7 Å². The molecule has 0 aliphatic carbocycles. The van der Waals surface area contributed by atoms with Crippen LogP contribution in [0, 0.1) is 21.8 Å². The number of hydrogen-bond donors (Lipinski definition) is 1. The molecule has 0 bridgehead atoms. The summed E-state index contributed by atoms with van der Waals surface area (Å²) in [6.07, 6.45) is 0. The van der Waals surface area contributed by atoms with Crippen molar-refractivity contribution in [3.63, 3.8) is 0 Å². The second-order valence-corrected chi connectivity index (χ2v) is 8.83. The Morgan fingerprint density at radius 1 is 1.12 bits per heavy atom. The van der Waals surface area contributed by atoms with Crippen molar-refractivity contribution in [2.75, 3.05) is 12.3 Å². The number of rotatable bonds is 11. The molecule has 2 aromatic rings. The molecule has 0 aliphatic rings. The number of carbonyl (C=O) groups is 2. The number of hydrogen-bond acceptors (Lipinski definition) is 5. The quantitative estimate of drug-likeness (QED) is 0.401. The topological polar surface area (TPSA) is 92.6 Å². The van der Waals surface area contributed by atoms with Gasteiger partial charge in [0.1, 0.15) is 11.9 Å². The van der Waals surface area contributed by atoms with Gasteiger partial charge in [-0.25, -0.2) is 4.39 Å².